The highest BCUT2D eigenvalue weighted by molar-refractivity contribution is 6.32. The van der Waals surface area contributed by atoms with Crippen molar-refractivity contribution in [2.75, 3.05) is 19.0 Å². The second kappa shape index (κ2) is 9.08. The topological polar surface area (TPSA) is 64.6 Å². The zero-order valence-corrected chi connectivity index (χ0v) is 14.9. The van der Waals surface area contributed by atoms with E-state index in [9.17, 15) is 9.59 Å². The van der Waals surface area contributed by atoms with Crippen LogP contribution in [0, 0.1) is 0 Å². The van der Waals surface area contributed by atoms with Gasteiger partial charge in [0.1, 0.15) is 17.3 Å². The molecule has 2 rings (SSSR count). The van der Waals surface area contributed by atoms with E-state index in [-0.39, 0.29) is 18.3 Å². The molecule has 0 spiro atoms. The van der Waals surface area contributed by atoms with E-state index in [1.165, 1.54) is 7.11 Å². The Morgan fingerprint density at radius 3 is 2.44 bits per heavy atom. The van der Waals surface area contributed by atoms with Gasteiger partial charge in [-0.25, -0.2) is 0 Å². The molecule has 0 bridgehead atoms. The molecule has 0 aliphatic carbocycles. The first-order chi connectivity index (χ1) is 12.0. The molecule has 0 atom stereocenters. The molecule has 132 valence electrons. The third-order valence-corrected chi connectivity index (χ3v) is 3.79. The number of ketones is 1. The van der Waals surface area contributed by atoms with Crippen molar-refractivity contribution >= 4 is 29.0 Å². The van der Waals surface area contributed by atoms with E-state index in [0.29, 0.717) is 35.1 Å². The van der Waals surface area contributed by atoms with Gasteiger partial charge >= 0.3 is 0 Å². The summed E-state index contributed by atoms with van der Waals surface area (Å²) in [6, 6.07) is 12.3. The normalized spacial score (nSPS) is 10.2. The molecule has 1 N–H and O–H groups in total. The maximum Gasteiger partial charge on any atom is 0.262 e. The van der Waals surface area contributed by atoms with Gasteiger partial charge < -0.3 is 19.6 Å². The Morgan fingerprint density at radius 2 is 1.84 bits per heavy atom. The minimum Gasteiger partial charge on any atom is -0.495 e. The summed E-state index contributed by atoms with van der Waals surface area (Å²) in [5, 5.41) is 3.13. The van der Waals surface area contributed by atoms with Crippen LogP contribution in [0.3, 0.4) is 0 Å². The van der Waals surface area contributed by atoms with E-state index in [2.05, 4.69) is 5.32 Å². The summed E-state index contributed by atoms with van der Waals surface area (Å²) in [5.74, 6) is 1.01. The van der Waals surface area contributed by atoms with Gasteiger partial charge in [0.2, 0.25) is 0 Å². The molecule has 6 heteroatoms. The van der Waals surface area contributed by atoms with Crippen LogP contribution in [-0.4, -0.2) is 25.4 Å². The van der Waals surface area contributed by atoms with Crippen LogP contribution < -0.4 is 14.8 Å². The maximum atomic E-state index is 11.9. The monoisotopic (exact) mass is 361 g/mol. The lowest BCUT2D eigenvalue weighted by Crippen LogP contribution is -2.20. The number of ether oxygens (including phenoxy) is 2. The summed E-state index contributed by atoms with van der Waals surface area (Å²) in [5.41, 5.74) is 1.62. The van der Waals surface area contributed by atoms with Crippen molar-refractivity contribution in [3.63, 3.8) is 0 Å². The van der Waals surface area contributed by atoms with Crippen LogP contribution >= 0.6 is 11.6 Å². The highest BCUT2D eigenvalue weighted by atomic mass is 35.5. The van der Waals surface area contributed by atoms with Crippen LogP contribution in [0.1, 0.15) is 18.9 Å². The molecule has 0 fully saturated rings. The molecule has 2 aromatic rings. The second-order valence-electron chi connectivity index (χ2n) is 5.53. The van der Waals surface area contributed by atoms with Crippen LogP contribution in [-0.2, 0) is 16.0 Å². The first-order valence-corrected chi connectivity index (χ1v) is 8.20. The number of anilines is 1. The Labute approximate surface area is 151 Å². The van der Waals surface area contributed by atoms with Gasteiger partial charge in [0, 0.05) is 12.1 Å². The Kier molecular flexibility index (Phi) is 6.83. The Morgan fingerprint density at radius 1 is 1.12 bits per heavy atom. The number of methoxy groups -OCH3 is 1. The number of Topliss-reactive ketones (excluding diaryl/α,β-unsaturated/α-hetero) is 1. The van der Waals surface area contributed by atoms with E-state index in [1.54, 1.807) is 37.3 Å². The third-order valence-electron chi connectivity index (χ3n) is 3.49. The second-order valence-corrected chi connectivity index (χ2v) is 5.94. The summed E-state index contributed by atoms with van der Waals surface area (Å²) in [4.78, 5) is 22.9. The molecule has 0 aromatic heterocycles. The lowest BCUT2D eigenvalue weighted by molar-refractivity contribution is -0.118. The van der Waals surface area contributed by atoms with E-state index in [4.69, 9.17) is 21.1 Å². The highest BCUT2D eigenvalue weighted by Gasteiger charge is 2.07. The first kappa shape index (κ1) is 18.8. The summed E-state index contributed by atoms with van der Waals surface area (Å²) in [6.45, 7) is 1.46. The number of carbonyl (C=O) groups is 2. The Hall–Kier alpha value is -2.53. The average Bonchev–Trinajstić information content (AvgIpc) is 2.59. The molecule has 0 unspecified atom stereocenters. The smallest absolute Gasteiger partial charge is 0.262 e. The summed E-state index contributed by atoms with van der Waals surface area (Å²) < 4.78 is 10.5. The number of rotatable bonds is 8. The zero-order valence-electron chi connectivity index (χ0n) is 14.2. The summed E-state index contributed by atoms with van der Waals surface area (Å²) in [7, 11) is 1.53. The van der Waals surface area contributed by atoms with Crippen LogP contribution in [0.4, 0.5) is 5.69 Å². The van der Waals surface area contributed by atoms with Crippen molar-refractivity contribution in [2.45, 2.75) is 19.8 Å². The number of amides is 1. The van der Waals surface area contributed by atoms with Gasteiger partial charge in [-0.2, -0.15) is 0 Å². The van der Waals surface area contributed by atoms with Crippen LogP contribution in [0.15, 0.2) is 42.5 Å². The summed E-state index contributed by atoms with van der Waals surface area (Å²) >= 11 is 6.02. The fourth-order valence-electron chi connectivity index (χ4n) is 2.16. The number of hydrogen-bond donors (Lipinski definition) is 1. The zero-order chi connectivity index (χ0) is 18.2. The van der Waals surface area contributed by atoms with Crippen molar-refractivity contribution in [3.8, 4) is 11.5 Å². The quantitative estimate of drug-likeness (QED) is 0.774. The molecule has 0 radical (unpaired) electrons. The van der Waals surface area contributed by atoms with E-state index < -0.39 is 0 Å². The van der Waals surface area contributed by atoms with Gasteiger partial charge in [-0.1, -0.05) is 23.7 Å². The lowest BCUT2D eigenvalue weighted by Gasteiger charge is -2.09. The molecule has 1 amide bonds. The standard InChI is InChI=1S/C19H20ClNO4/c1-13(22)3-4-14-5-8-16(9-6-14)25-12-19(23)21-15-7-10-18(24-2)17(20)11-15/h5-11H,3-4,12H2,1-2H3,(H,21,23). The molecule has 0 heterocycles. The number of nitrogens with one attached hydrogen (secondary N) is 1. The average molecular weight is 362 g/mol. The number of carbonyl (C=O) groups excluding carboxylic acids is 2. The minimum atomic E-state index is -0.290. The first-order valence-electron chi connectivity index (χ1n) is 7.82. The molecule has 0 saturated heterocycles. The van der Waals surface area contributed by atoms with Crippen molar-refractivity contribution in [1.29, 1.82) is 0 Å². The van der Waals surface area contributed by atoms with Crippen LogP contribution in [0.5, 0.6) is 11.5 Å². The summed E-state index contributed by atoms with van der Waals surface area (Å²) in [6.07, 6.45) is 1.22. The van der Waals surface area contributed by atoms with E-state index >= 15 is 0 Å². The van der Waals surface area contributed by atoms with Gasteiger partial charge in [0.25, 0.3) is 5.91 Å². The fourth-order valence-corrected chi connectivity index (χ4v) is 2.42. The SMILES string of the molecule is COc1ccc(NC(=O)COc2ccc(CCC(C)=O)cc2)cc1Cl. The maximum absolute atomic E-state index is 11.9. The lowest BCUT2D eigenvalue weighted by atomic mass is 10.1. The molecule has 0 aliphatic rings. The van der Waals surface area contributed by atoms with Gasteiger partial charge in [0.15, 0.2) is 6.61 Å². The Balaban J connectivity index is 1.83. The Bertz CT molecular complexity index is 744. The van der Waals surface area contributed by atoms with Crippen molar-refractivity contribution in [1.82, 2.24) is 0 Å². The molecule has 5 nitrogen and oxygen atoms in total. The van der Waals surface area contributed by atoms with Crippen molar-refractivity contribution in [2.24, 2.45) is 0 Å². The van der Waals surface area contributed by atoms with Gasteiger partial charge in [-0.05, 0) is 49.2 Å². The number of benzene rings is 2. The molecule has 0 saturated carbocycles. The number of hydrogen-bond acceptors (Lipinski definition) is 4. The number of aryl methyl sites for hydroxylation is 1. The van der Waals surface area contributed by atoms with Crippen LogP contribution in [0.2, 0.25) is 5.02 Å². The van der Waals surface area contributed by atoms with E-state index in [0.717, 1.165) is 5.56 Å². The van der Waals surface area contributed by atoms with E-state index in [1.807, 2.05) is 12.1 Å². The predicted octanol–water partition coefficient (Wildman–Crippen LogP) is 3.89. The molecule has 2 aromatic carbocycles. The number of halogens is 1. The van der Waals surface area contributed by atoms with Crippen molar-refractivity contribution in [3.05, 3.63) is 53.1 Å². The third kappa shape index (κ3) is 6.12. The predicted molar refractivity (Wildman–Crippen MR) is 97.6 cm³/mol. The molecule has 0 aliphatic heterocycles. The van der Waals surface area contributed by atoms with Crippen molar-refractivity contribution < 1.29 is 19.1 Å². The minimum absolute atomic E-state index is 0.115. The molecule has 25 heavy (non-hydrogen) atoms. The largest absolute Gasteiger partial charge is 0.495 e. The molecular formula is C19H20ClNO4. The van der Waals surface area contributed by atoms with Gasteiger partial charge in [-0.15, -0.1) is 0 Å². The fraction of sp³-hybridized carbons (Fsp3) is 0.263. The van der Waals surface area contributed by atoms with Gasteiger partial charge in [0.05, 0.1) is 12.1 Å². The van der Waals surface area contributed by atoms with Crippen LogP contribution in [0.25, 0.3) is 0 Å². The molecular weight excluding hydrogens is 342 g/mol. The van der Waals surface area contributed by atoms with Gasteiger partial charge in [-0.3, -0.25) is 4.79 Å². The highest BCUT2D eigenvalue weighted by Crippen LogP contribution is 2.27.